The highest BCUT2D eigenvalue weighted by atomic mass is 127. The molecule has 0 saturated carbocycles. The zero-order chi connectivity index (χ0) is 13.4. The van der Waals surface area contributed by atoms with E-state index in [4.69, 9.17) is 0 Å². The van der Waals surface area contributed by atoms with E-state index in [1.807, 2.05) is 24.3 Å². The maximum absolute atomic E-state index is 11.2. The van der Waals surface area contributed by atoms with Crippen LogP contribution in [-0.2, 0) is 0 Å². The number of rotatable bonds is 2. The predicted molar refractivity (Wildman–Crippen MR) is 79.0 cm³/mol. The molecule has 0 radical (unpaired) electrons. The molecule has 6 heteroatoms. The first kappa shape index (κ1) is 12.1. The standard InChI is InChI=1S/C13H8IN3O2/c14-7-4-5-15-10(6-7)8-2-1-3-9-11(8)12(13(18)19)17-16-9/h1-6H,(H,16,17)(H,18,19). The lowest BCUT2D eigenvalue weighted by Crippen LogP contribution is -1.98. The zero-order valence-corrected chi connectivity index (χ0v) is 11.7. The van der Waals surface area contributed by atoms with Crippen molar-refractivity contribution >= 4 is 39.5 Å². The number of halogens is 1. The maximum Gasteiger partial charge on any atom is 0.357 e. The number of aromatic nitrogens is 3. The average molecular weight is 365 g/mol. The van der Waals surface area contributed by atoms with E-state index in [0.29, 0.717) is 10.9 Å². The second-order valence-corrected chi connectivity index (χ2v) is 5.21. The SMILES string of the molecule is O=C(O)c1n[nH]c2cccc(-c3cc(I)ccn3)c12. The first-order valence-electron chi connectivity index (χ1n) is 5.49. The molecule has 0 unspecified atom stereocenters. The molecule has 0 aliphatic rings. The number of hydrogen-bond donors (Lipinski definition) is 2. The Labute approximate surface area is 121 Å². The number of aromatic carboxylic acids is 1. The molecule has 19 heavy (non-hydrogen) atoms. The van der Waals surface area contributed by atoms with E-state index in [-0.39, 0.29) is 5.69 Å². The fourth-order valence-corrected chi connectivity index (χ4v) is 2.45. The first-order chi connectivity index (χ1) is 9.16. The normalized spacial score (nSPS) is 10.8. The third kappa shape index (κ3) is 2.07. The number of carbonyl (C=O) groups is 1. The van der Waals surface area contributed by atoms with Gasteiger partial charge in [0.25, 0.3) is 0 Å². The summed E-state index contributed by atoms with van der Waals surface area (Å²) in [5.74, 6) is -1.05. The summed E-state index contributed by atoms with van der Waals surface area (Å²) >= 11 is 2.20. The van der Waals surface area contributed by atoms with Gasteiger partial charge in [-0.25, -0.2) is 4.79 Å². The van der Waals surface area contributed by atoms with Crippen molar-refractivity contribution in [2.24, 2.45) is 0 Å². The molecule has 0 aliphatic heterocycles. The molecule has 0 bridgehead atoms. The molecule has 0 fully saturated rings. The zero-order valence-electron chi connectivity index (χ0n) is 9.59. The van der Waals surface area contributed by atoms with Crippen LogP contribution in [0.2, 0.25) is 0 Å². The molecule has 3 rings (SSSR count). The van der Waals surface area contributed by atoms with Crippen molar-refractivity contribution in [3.8, 4) is 11.3 Å². The van der Waals surface area contributed by atoms with Crippen LogP contribution in [0.5, 0.6) is 0 Å². The smallest absolute Gasteiger partial charge is 0.357 e. The lowest BCUT2D eigenvalue weighted by molar-refractivity contribution is 0.0692. The molecule has 3 aromatic rings. The third-order valence-corrected chi connectivity index (χ3v) is 3.46. The Balaban J connectivity index is 2.35. The molecule has 0 amide bonds. The number of aromatic amines is 1. The van der Waals surface area contributed by atoms with E-state index in [9.17, 15) is 9.90 Å². The molecule has 1 aromatic carbocycles. The Hall–Kier alpha value is -1.96. The van der Waals surface area contributed by atoms with Gasteiger partial charge in [0.05, 0.1) is 11.2 Å². The predicted octanol–water partition coefficient (Wildman–Crippen LogP) is 2.93. The quantitative estimate of drug-likeness (QED) is 0.685. The van der Waals surface area contributed by atoms with Gasteiger partial charge in [0.1, 0.15) is 0 Å². The molecular formula is C13H8IN3O2. The highest BCUT2D eigenvalue weighted by Crippen LogP contribution is 2.29. The van der Waals surface area contributed by atoms with E-state index in [1.165, 1.54) is 0 Å². The summed E-state index contributed by atoms with van der Waals surface area (Å²) in [4.78, 5) is 15.5. The Morgan fingerprint density at radius 3 is 2.89 bits per heavy atom. The van der Waals surface area contributed by atoms with Crippen LogP contribution in [0.15, 0.2) is 36.5 Å². The van der Waals surface area contributed by atoms with Crippen molar-refractivity contribution in [2.75, 3.05) is 0 Å². The van der Waals surface area contributed by atoms with Crippen molar-refractivity contribution < 1.29 is 9.90 Å². The van der Waals surface area contributed by atoms with Crippen LogP contribution in [0.25, 0.3) is 22.2 Å². The Kier molecular flexibility index (Phi) is 2.94. The monoisotopic (exact) mass is 365 g/mol. The van der Waals surface area contributed by atoms with Crippen LogP contribution >= 0.6 is 22.6 Å². The van der Waals surface area contributed by atoms with Crippen LogP contribution in [-0.4, -0.2) is 26.3 Å². The van der Waals surface area contributed by atoms with Gasteiger partial charge >= 0.3 is 5.97 Å². The second kappa shape index (κ2) is 4.61. The minimum Gasteiger partial charge on any atom is -0.476 e. The van der Waals surface area contributed by atoms with Crippen molar-refractivity contribution in [3.63, 3.8) is 0 Å². The molecule has 2 N–H and O–H groups in total. The number of carboxylic acids is 1. The molecule has 2 heterocycles. The highest BCUT2D eigenvalue weighted by molar-refractivity contribution is 14.1. The Bertz CT molecular complexity index is 782. The van der Waals surface area contributed by atoms with Gasteiger partial charge in [0.15, 0.2) is 5.69 Å². The maximum atomic E-state index is 11.2. The summed E-state index contributed by atoms with van der Waals surface area (Å²) in [7, 11) is 0. The number of carboxylic acid groups (broad SMARTS) is 1. The molecule has 2 aromatic heterocycles. The fraction of sp³-hybridized carbons (Fsp3) is 0. The third-order valence-electron chi connectivity index (χ3n) is 2.79. The van der Waals surface area contributed by atoms with Crippen LogP contribution in [0.4, 0.5) is 0 Å². The lowest BCUT2D eigenvalue weighted by Gasteiger charge is -2.03. The summed E-state index contributed by atoms with van der Waals surface area (Å²) in [6.07, 6.45) is 1.70. The summed E-state index contributed by atoms with van der Waals surface area (Å²) in [6.45, 7) is 0. The number of nitrogens with one attached hydrogen (secondary N) is 1. The molecule has 5 nitrogen and oxygen atoms in total. The van der Waals surface area contributed by atoms with Crippen molar-refractivity contribution in [3.05, 3.63) is 45.8 Å². The van der Waals surface area contributed by atoms with E-state index in [1.54, 1.807) is 12.3 Å². The van der Waals surface area contributed by atoms with Gasteiger partial charge in [-0.05, 0) is 40.8 Å². The van der Waals surface area contributed by atoms with Crippen LogP contribution in [0.3, 0.4) is 0 Å². The lowest BCUT2D eigenvalue weighted by atomic mass is 10.0. The van der Waals surface area contributed by atoms with Gasteiger partial charge in [0.2, 0.25) is 0 Å². The van der Waals surface area contributed by atoms with E-state index < -0.39 is 5.97 Å². The van der Waals surface area contributed by atoms with E-state index in [0.717, 1.165) is 14.8 Å². The summed E-state index contributed by atoms with van der Waals surface area (Å²) in [5.41, 5.74) is 2.21. The molecule has 0 aliphatic carbocycles. The number of pyridine rings is 1. The average Bonchev–Trinajstić information content (AvgIpc) is 2.82. The number of fused-ring (bicyclic) bond motifs is 1. The molecule has 0 atom stereocenters. The number of H-pyrrole nitrogens is 1. The van der Waals surface area contributed by atoms with Crippen LogP contribution in [0.1, 0.15) is 10.5 Å². The number of nitrogens with zero attached hydrogens (tertiary/aromatic N) is 2. The van der Waals surface area contributed by atoms with Crippen molar-refractivity contribution in [1.29, 1.82) is 0 Å². The van der Waals surface area contributed by atoms with Gasteiger partial charge < -0.3 is 5.11 Å². The van der Waals surface area contributed by atoms with Gasteiger partial charge in [-0.3, -0.25) is 10.1 Å². The Morgan fingerprint density at radius 1 is 1.32 bits per heavy atom. The fourth-order valence-electron chi connectivity index (χ4n) is 1.99. The first-order valence-corrected chi connectivity index (χ1v) is 6.57. The van der Waals surface area contributed by atoms with Crippen molar-refractivity contribution in [1.82, 2.24) is 15.2 Å². The van der Waals surface area contributed by atoms with Crippen LogP contribution in [0, 0.1) is 3.57 Å². The van der Waals surface area contributed by atoms with Crippen molar-refractivity contribution in [2.45, 2.75) is 0 Å². The van der Waals surface area contributed by atoms with Crippen LogP contribution < -0.4 is 0 Å². The highest BCUT2D eigenvalue weighted by Gasteiger charge is 2.17. The topological polar surface area (TPSA) is 78.9 Å². The molecule has 94 valence electrons. The summed E-state index contributed by atoms with van der Waals surface area (Å²) in [5, 5.41) is 16.4. The molecule has 0 spiro atoms. The molecule has 0 saturated heterocycles. The van der Waals surface area contributed by atoms with Gasteiger partial charge in [-0.15, -0.1) is 0 Å². The van der Waals surface area contributed by atoms with E-state index in [2.05, 4.69) is 37.8 Å². The number of hydrogen-bond acceptors (Lipinski definition) is 3. The van der Waals surface area contributed by atoms with Gasteiger partial charge in [0, 0.05) is 20.7 Å². The largest absolute Gasteiger partial charge is 0.476 e. The minimum absolute atomic E-state index is 0.0197. The Morgan fingerprint density at radius 2 is 2.16 bits per heavy atom. The second-order valence-electron chi connectivity index (χ2n) is 3.96. The van der Waals surface area contributed by atoms with Gasteiger partial charge in [-0.2, -0.15) is 5.10 Å². The molecular weight excluding hydrogens is 357 g/mol. The summed E-state index contributed by atoms with van der Waals surface area (Å²) < 4.78 is 1.04. The summed E-state index contributed by atoms with van der Waals surface area (Å²) in [6, 6.07) is 9.30. The minimum atomic E-state index is -1.05. The number of benzene rings is 1. The van der Waals surface area contributed by atoms with Gasteiger partial charge in [-0.1, -0.05) is 12.1 Å². The van der Waals surface area contributed by atoms with E-state index >= 15 is 0 Å².